The Balaban J connectivity index is 2.05. The molecule has 1 amide bonds. The Kier molecular flexibility index (Phi) is 3.96. The van der Waals surface area contributed by atoms with E-state index in [9.17, 15) is 14.7 Å². The van der Waals surface area contributed by atoms with E-state index in [4.69, 9.17) is 0 Å². The normalized spacial score (nSPS) is 27.1. The van der Waals surface area contributed by atoms with Crippen molar-refractivity contribution < 1.29 is 14.7 Å². The van der Waals surface area contributed by atoms with Gasteiger partial charge in [-0.3, -0.25) is 9.59 Å². The second-order valence-electron chi connectivity index (χ2n) is 4.62. The van der Waals surface area contributed by atoms with Crippen LogP contribution in [0.4, 0.5) is 5.13 Å². The van der Waals surface area contributed by atoms with Crippen molar-refractivity contribution in [2.45, 2.75) is 26.2 Å². The standard InChI is InChI=1S/C12H16N2O3S/c1-2-7-5-8(9(6-7)11(16)17)10(15)14-12-13-3-4-18-12/h3-4,7-9H,2,5-6H2,1H3,(H,16,17)(H,13,14,15)/t7?,8-,9+/m0/s1. The fourth-order valence-corrected chi connectivity index (χ4v) is 3.05. The predicted molar refractivity (Wildman–Crippen MR) is 68.4 cm³/mol. The summed E-state index contributed by atoms with van der Waals surface area (Å²) in [7, 11) is 0. The van der Waals surface area contributed by atoms with Crippen molar-refractivity contribution in [1.29, 1.82) is 0 Å². The molecule has 1 aliphatic rings. The minimum Gasteiger partial charge on any atom is -0.481 e. The van der Waals surface area contributed by atoms with Crippen LogP contribution in [0.15, 0.2) is 11.6 Å². The number of carboxylic acids is 1. The third-order valence-electron chi connectivity index (χ3n) is 3.55. The lowest BCUT2D eigenvalue weighted by atomic mass is 9.95. The fourth-order valence-electron chi connectivity index (χ4n) is 2.52. The molecule has 0 aliphatic heterocycles. The second-order valence-corrected chi connectivity index (χ2v) is 5.52. The van der Waals surface area contributed by atoms with Gasteiger partial charge in [-0.15, -0.1) is 11.3 Å². The van der Waals surface area contributed by atoms with Gasteiger partial charge in [-0.05, 0) is 18.8 Å². The van der Waals surface area contributed by atoms with Crippen molar-refractivity contribution in [3.63, 3.8) is 0 Å². The second kappa shape index (κ2) is 5.48. The van der Waals surface area contributed by atoms with Crippen LogP contribution in [0.2, 0.25) is 0 Å². The lowest BCUT2D eigenvalue weighted by Gasteiger charge is -2.14. The van der Waals surface area contributed by atoms with Crippen molar-refractivity contribution in [3.05, 3.63) is 11.6 Å². The summed E-state index contributed by atoms with van der Waals surface area (Å²) in [5, 5.41) is 14.2. The molecule has 1 aromatic heterocycles. The molecule has 18 heavy (non-hydrogen) atoms. The summed E-state index contributed by atoms with van der Waals surface area (Å²) < 4.78 is 0. The number of nitrogens with zero attached hydrogens (tertiary/aromatic N) is 1. The highest BCUT2D eigenvalue weighted by molar-refractivity contribution is 7.13. The Morgan fingerprint density at radius 1 is 1.50 bits per heavy atom. The number of aromatic nitrogens is 1. The van der Waals surface area contributed by atoms with E-state index in [1.54, 1.807) is 11.6 Å². The molecule has 2 rings (SSSR count). The SMILES string of the molecule is CCC1C[C@H](C(=O)Nc2nccs2)[C@H](C(=O)O)C1. The van der Waals surface area contributed by atoms with Gasteiger partial charge >= 0.3 is 5.97 Å². The third-order valence-corrected chi connectivity index (χ3v) is 4.24. The molecule has 0 saturated heterocycles. The number of anilines is 1. The smallest absolute Gasteiger partial charge is 0.307 e. The Hall–Kier alpha value is -1.43. The molecule has 1 fully saturated rings. The summed E-state index contributed by atoms with van der Waals surface area (Å²) in [4.78, 5) is 27.2. The summed E-state index contributed by atoms with van der Waals surface area (Å²) in [6.07, 6.45) is 3.79. The molecule has 1 heterocycles. The maximum atomic E-state index is 12.1. The van der Waals surface area contributed by atoms with Crippen LogP contribution in [0.3, 0.4) is 0 Å². The molecule has 0 bridgehead atoms. The van der Waals surface area contributed by atoms with Crippen molar-refractivity contribution in [1.82, 2.24) is 4.98 Å². The van der Waals surface area contributed by atoms with Gasteiger partial charge in [0.2, 0.25) is 5.91 Å². The van der Waals surface area contributed by atoms with Crippen LogP contribution in [0.25, 0.3) is 0 Å². The molecule has 98 valence electrons. The van der Waals surface area contributed by atoms with Gasteiger partial charge in [0.05, 0.1) is 11.8 Å². The highest BCUT2D eigenvalue weighted by Crippen LogP contribution is 2.39. The van der Waals surface area contributed by atoms with Crippen LogP contribution in [0.5, 0.6) is 0 Å². The fraction of sp³-hybridized carbons (Fsp3) is 0.583. The molecular weight excluding hydrogens is 252 g/mol. The van der Waals surface area contributed by atoms with Crippen molar-refractivity contribution in [3.8, 4) is 0 Å². The number of aliphatic carboxylic acids is 1. The maximum Gasteiger partial charge on any atom is 0.307 e. The minimum atomic E-state index is -0.870. The first-order chi connectivity index (χ1) is 8.61. The molecular formula is C12H16N2O3S. The molecule has 0 aromatic carbocycles. The van der Waals surface area contributed by atoms with Gasteiger partial charge in [0, 0.05) is 11.6 Å². The van der Waals surface area contributed by atoms with Gasteiger partial charge < -0.3 is 10.4 Å². The van der Waals surface area contributed by atoms with Gasteiger partial charge in [-0.25, -0.2) is 4.98 Å². The number of amides is 1. The molecule has 2 N–H and O–H groups in total. The number of thiazole rings is 1. The monoisotopic (exact) mass is 268 g/mol. The number of nitrogens with one attached hydrogen (secondary N) is 1. The predicted octanol–water partition coefficient (Wildman–Crippen LogP) is 2.22. The lowest BCUT2D eigenvalue weighted by molar-refractivity contribution is -0.145. The van der Waals surface area contributed by atoms with Gasteiger partial charge in [0.1, 0.15) is 0 Å². The van der Waals surface area contributed by atoms with E-state index in [1.807, 2.05) is 6.92 Å². The summed E-state index contributed by atoms with van der Waals surface area (Å²) >= 11 is 1.34. The Morgan fingerprint density at radius 3 is 2.78 bits per heavy atom. The number of carbonyl (C=O) groups is 2. The van der Waals surface area contributed by atoms with Crippen LogP contribution in [0.1, 0.15) is 26.2 Å². The number of hydrogen-bond acceptors (Lipinski definition) is 4. The molecule has 0 radical (unpaired) electrons. The number of carbonyl (C=O) groups excluding carboxylic acids is 1. The van der Waals surface area contributed by atoms with E-state index < -0.39 is 17.8 Å². The van der Waals surface area contributed by atoms with Gasteiger partial charge in [-0.2, -0.15) is 0 Å². The van der Waals surface area contributed by atoms with E-state index in [-0.39, 0.29) is 5.91 Å². The largest absolute Gasteiger partial charge is 0.481 e. The van der Waals surface area contributed by atoms with Gasteiger partial charge in [0.25, 0.3) is 0 Å². The highest BCUT2D eigenvalue weighted by Gasteiger charge is 2.42. The van der Waals surface area contributed by atoms with Crippen molar-refractivity contribution in [2.75, 3.05) is 5.32 Å². The zero-order chi connectivity index (χ0) is 13.1. The van der Waals surface area contributed by atoms with E-state index in [0.29, 0.717) is 23.9 Å². The molecule has 3 atom stereocenters. The average molecular weight is 268 g/mol. The van der Waals surface area contributed by atoms with Crippen molar-refractivity contribution in [2.24, 2.45) is 17.8 Å². The molecule has 0 spiro atoms. The van der Waals surface area contributed by atoms with E-state index in [2.05, 4.69) is 10.3 Å². The molecule has 5 nitrogen and oxygen atoms in total. The first kappa shape index (κ1) is 13.0. The van der Waals surface area contributed by atoms with E-state index in [0.717, 1.165) is 6.42 Å². The Bertz CT molecular complexity index is 433. The number of hydrogen-bond donors (Lipinski definition) is 2. The zero-order valence-electron chi connectivity index (χ0n) is 10.1. The van der Waals surface area contributed by atoms with E-state index >= 15 is 0 Å². The summed E-state index contributed by atoms with van der Waals surface area (Å²) in [6.45, 7) is 2.03. The van der Waals surface area contributed by atoms with E-state index in [1.165, 1.54) is 11.3 Å². The lowest BCUT2D eigenvalue weighted by Crippen LogP contribution is -2.29. The van der Waals surface area contributed by atoms with Gasteiger partial charge in [0.15, 0.2) is 5.13 Å². The topological polar surface area (TPSA) is 79.3 Å². The van der Waals surface area contributed by atoms with Crippen LogP contribution in [0, 0.1) is 17.8 Å². The summed E-state index contributed by atoms with van der Waals surface area (Å²) in [6, 6.07) is 0. The Labute approximate surface area is 109 Å². The van der Waals surface area contributed by atoms with Crippen LogP contribution < -0.4 is 5.32 Å². The molecule has 1 unspecified atom stereocenters. The average Bonchev–Trinajstić information content (AvgIpc) is 2.96. The zero-order valence-corrected chi connectivity index (χ0v) is 10.9. The van der Waals surface area contributed by atoms with Crippen LogP contribution in [-0.2, 0) is 9.59 Å². The summed E-state index contributed by atoms with van der Waals surface area (Å²) in [5.74, 6) is -1.75. The molecule has 1 saturated carbocycles. The Morgan fingerprint density at radius 2 is 2.22 bits per heavy atom. The van der Waals surface area contributed by atoms with Crippen molar-refractivity contribution >= 4 is 28.3 Å². The number of carboxylic acid groups (broad SMARTS) is 1. The first-order valence-electron chi connectivity index (χ1n) is 6.05. The van der Waals surface area contributed by atoms with Crippen LogP contribution >= 0.6 is 11.3 Å². The van der Waals surface area contributed by atoms with Gasteiger partial charge in [-0.1, -0.05) is 13.3 Å². The maximum absolute atomic E-state index is 12.1. The molecule has 1 aromatic rings. The quantitative estimate of drug-likeness (QED) is 0.877. The minimum absolute atomic E-state index is 0.215. The first-order valence-corrected chi connectivity index (χ1v) is 6.93. The number of rotatable bonds is 4. The molecule has 6 heteroatoms. The molecule has 1 aliphatic carbocycles. The third kappa shape index (κ3) is 2.69. The highest BCUT2D eigenvalue weighted by atomic mass is 32.1. The summed E-state index contributed by atoms with van der Waals surface area (Å²) in [5.41, 5.74) is 0. The van der Waals surface area contributed by atoms with Crippen LogP contribution in [-0.4, -0.2) is 22.0 Å².